The third-order valence-corrected chi connectivity index (χ3v) is 3.57. The molecule has 132 valence electrons. The molecule has 4 nitrogen and oxygen atoms in total. The highest BCUT2D eigenvalue weighted by molar-refractivity contribution is 14.0. The van der Waals surface area contributed by atoms with Crippen LogP contribution in [0.5, 0.6) is 0 Å². The van der Waals surface area contributed by atoms with E-state index >= 15 is 0 Å². The van der Waals surface area contributed by atoms with Gasteiger partial charge in [-0.05, 0) is 43.7 Å². The zero-order valence-electron chi connectivity index (χ0n) is 14.7. The average Bonchev–Trinajstić information content (AvgIpc) is 2.56. The maximum atomic E-state index is 5.06. The second-order valence-corrected chi connectivity index (χ2v) is 5.30. The standard InChI is InChI=1S/C18H31N3O.HI/c1-4-16-11-7-8-12-17(16)15-21-18(19-5-2)20-13-9-6-10-14-22-3;/h7-8,11-12H,4-6,9-10,13-15H2,1-3H3,(H2,19,20,21);1H. The topological polar surface area (TPSA) is 45.7 Å². The van der Waals surface area contributed by atoms with Crippen LogP contribution in [-0.2, 0) is 17.7 Å². The zero-order valence-corrected chi connectivity index (χ0v) is 17.1. The molecule has 0 aliphatic carbocycles. The molecule has 5 heteroatoms. The first-order chi connectivity index (χ1) is 10.8. The molecule has 0 unspecified atom stereocenters. The summed E-state index contributed by atoms with van der Waals surface area (Å²) in [4.78, 5) is 4.70. The third kappa shape index (κ3) is 9.81. The van der Waals surface area contributed by atoms with Gasteiger partial charge in [0.15, 0.2) is 5.96 Å². The molecule has 2 N–H and O–H groups in total. The fraction of sp³-hybridized carbons (Fsp3) is 0.611. The van der Waals surface area contributed by atoms with Crippen LogP contribution in [0.3, 0.4) is 0 Å². The van der Waals surface area contributed by atoms with Crippen LogP contribution in [0.2, 0.25) is 0 Å². The average molecular weight is 433 g/mol. The maximum absolute atomic E-state index is 5.06. The van der Waals surface area contributed by atoms with Crippen molar-refractivity contribution in [3.05, 3.63) is 35.4 Å². The molecule has 0 atom stereocenters. The number of aliphatic imine (C=N–C) groups is 1. The van der Waals surface area contributed by atoms with Crippen molar-refractivity contribution in [3.8, 4) is 0 Å². The summed E-state index contributed by atoms with van der Waals surface area (Å²) in [7, 11) is 1.75. The molecule has 0 saturated carbocycles. The minimum Gasteiger partial charge on any atom is -0.385 e. The van der Waals surface area contributed by atoms with Gasteiger partial charge in [-0.2, -0.15) is 0 Å². The predicted octanol–water partition coefficient (Wildman–Crippen LogP) is 3.74. The number of unbranched alkanes of at least 4 members (excludes halogenated alkanes) is 2. The molecule has 0 amide bonds. The normalized spacial score (nSPS) is 11.0. The SMILES string of the molecule is CCNC(=NCc1ccccc1CC)NCCCCCOC.I. The molecule has 0 radical (unpaired) electrons. The first-order valence-corrected chi connectivity index (χ1v) is 8.39. The van der Waals surface area contributed by atoms with Crippen LogP contribution in [0.15, 0.2) is 29.3 Å². The lowest BCUT2D eigenvalue weighted by molar-refractivity contribution is 0.192. The lowest BCUT2D eigenvalue weighted by Crippen LogP contribution is -2.37. The van der Waals surface area contributed by atoms with Gasteiger partial charge in [-0.25, -0.2) is 4.99 Å². The van der Waals surface area contributed by atoms with E-state index in [1.165, 1.54) is 17.5 Å². The Hall–Kier alpha value is -0.820. The highest BCUT2D eigenvalue weighted by Gasteiger charge is 2.01. The van der Waals surface area contributed by atoms with E-state index in [-0.39, 0.29) is 24.0 Å². The Balaban J connectivity index is 0.00000484. The van der Waals surface area contributed by atoms with Crippen molar-refractivity contribution in [2.75, 3.05) is 26.8 Å². The number of guanidine groups is 1. The number of ether oxygens (including phenoxy) is 1. The van der Waals surface area contributed by atoms with Gasteiger partial charge < -0.3 is 15.4 Å². The largest absolute Gasteiger partial charge is 0.385 e. The van der Waals surface area contributed by atoms with Crippen LogP contribution in [0.4, 0.5) is 0 Å². The third-order valence-electron chi connectivity index (χ3n) is 3.57. The van der Waals surface area contributed by atoms with Crippen LogP contribution in [0.25, 0.3) is 0 Å². The molecule has 0 saturated heterocycles. The Kier molecular flexibility index (Phi) is 14.2. The minimum absolute atomic E-state index is 0. The molecule has 0 aliphatic rings. The Morgan fingerprint density at radius 3 is 2.43 bits per heavy atom. The van der Waals surface area contributed by atoms with Gasteiger partial charge in [0.1, 0.15) is 0 Å². The van der Waals surface area contributed by atoms with Gasteiger partial charge in [0.25, 0.3) is 0 Å². The van der Waals surface area contributed by atoms with Gasteiger partial charge in [0.05, 0.1) is 6.54 Å². The molecule has 0 fully saturated rings. The predicted molar refractivity (Wildman–Crippen MR) is 110 cm³/mol. The van der Waals surface area contributed by atoms with Gasteiger partial charge in [0.2, 0.25) is 0 Å². The van der Waals surface area contributed by atoms with Crippen molar-refractivity contribution in [1.29, 1.82) is 0 Å². The number of aryl methyl sites for hydroxylation is 1. The van der Waals surface area contributed by atoms with Crippen LogP contribution >= 0.6 is 24.0 Å². The summed E-state index contributed by atoms with van der Waals surface area (Å²) in [5.41, 5.74) is 2.68. The van der Waals surface area contributed by atoms with E-state index in [0.717, 1.165) is 51.5 Å². The van der Waals surface area contributed by atoms with Crippen LogP contribution < -0.4 is 10.6 Å². The smallest absolute Gasteiger partial charge is 0.191 e. The van der Waals surface area contributed by atoms with E-state index in [0.29, 0.717) is 0 Å². The molecule has 0 spiro atoms. The van der Waals surface area contributed by atoms with Crippen molar-refractivity contribution in [2.45, 2.75) is 46.1 Å². The Labute approximate surface area is 158 Å². The summed E-state index contributed by atoms with van der Waals surface area (Å²) in [6.45, 7) is 7.68. The highest BCUT2D eigenvalue weighted by atomic mass is 127. The summed E-state index contributed by atoms with van der Waals surface area (Å²) in [6.07, 6.45) is 4.49. The lowest BCUT2D eigenvalue weighted by Gasteiger charge is -2.12. The van der Waals surface area contributed by atoms with Gasteiger partial charge >= 0.3 is 0 Å². The lowest BCUT2D eigenvalue weighted by atomic mass is 10.1. The zero-order chi connectivity index (χ0) is 16.0. The summed E-state index contributed by atoms with van der Waals surface area (Å²) >= 11 is 0. The molecule has 0 heterocycles. The van der Waals surface area contributed by atoms with Crippen molar-refractivity contribution in [2.24, 2.45) is 4.99 Å². The van der Waals surface area contributed by atoms with E-state index in [1.54, 1.807) is 7.11 Å². The maximum Gasteiger partial charge on any atom is 0.191 e. The number of nitrogens with one attached hydrogen (secondary N) is 2. The Morgan fingerprint density at radius 2 is 1.78 bits per heavy atom. The van der Waals surface area contributed by atoms with E-state index < -0.39 is 0 Å². The van der Waals surface area contributed by atoms with Gasteiger partial charge in [-0.3, -0.25) is 0 Å². The Morgan fingerprint density at radius 1 is 1.04 bits per heavy atom. The fourth-order valence-corrected chi connectivity index (χ4v) is 2.32. The van der Waals surface area contributed by atoms with E-state index in [2.05, 4.69) is 48.7 Å². The number of rotatable bonds is 10. The fourth-order valence-electron chi connectivity index (χ4n) is 2.32. The molecule has 23 heavy (non-hydrogen) atoms. The van der Waals surface area contributed by atoms with E-state index in [4.69, 9.17) is 9.73 Å². The summed E-state index contributed by atoms with van der Waals surface area (Å²) in [5.74, 6) is 0.903. The van der Waals surface area contributed by atoms with Crippen molar-refractivity contribution in [3.63, 3.8) is 0 Å². The number of nitrogens with zero attached hydrogens (tertiary/aromatic N) is 1. The molecular formula is C18H32IN3O. The van der Waals surface area contributed by atoms with Crippen molar-refractivity contribution < 1.29 is 4.74 Å². The van der Waals surface area contributed by atoms with E-state index in [9.17, 15) is 0 Å². The van der Waals surface area contributed by atoms with Gasteiger partial charge in [-0.15, -0.1) is 24.0 Å². The van der Waals surface area contributed by atoms with Crippen LogP contribution in [0, 0.1) is 0 Å². The molecule has 0 aliphatic heterocycles. The quantitative estimate of drug-likeness (QED) is 0.256. The number of hydrogen-bond donors (Lipinski definition) is 2. The molecule has 0 bridgehead atoms. The highest BCUT2D eigenvalue weighted by Crippen LogP contribution is 2.10. The second kappa shape index (κ2) is 14.8. The van der Waals surface area contributed by atoms with Crippen molar-refractivity contribution >= 4 is 29.9 Å². The molecule has 1 aromatic carbocycles. The van der Waals surface area contributed by atoms with Crippen molar-refractivity contribution in [1.82, 2.24) is 10.6 Å². The number of methoxy groups -OCH3 is 1. The minimum atomic E-state index is 0. The number of halogens is 1. The molecule has 0 aromatic heterocycles. The first-order valence-electron chi connectivity index (χ1n) is 8.39. The van der Waals surface area contributed by atoms with Crippen LogP contribution in [-0.4, -0.2) is 32.8 Å². The van der Waals surface area contributed by atoms with Gasteiger partial charge in [-0.1, -0.05) is 31.2 Å². The van der Waals surface area contributed by atoms with E-state index in [1.807, 2.05) is 0 Å². The second-order valence-electron chi connectivity index (χ2n) is 5.30. The first kappa shape index (κ1) is 22.2. The Bertz CT molecular complexity index is 438. The number of benzene rings is 1. The summed E-state index contributed by atoms with van der Waals surface area (Å²) in [5, 5.41) is 6.71. The monoisotopic (exact) mass is 433 g/mol. The van der Waals surface area contributed by atoms with Crippen LogP contribution in [0.1, 0.15) is 44.2 Å². The summed E-state index contributed by atoms with van der Waals surface area (Å²) in [6, 6.07) is 8.52. The van der Waals surface area contributed by atoms with Gasteiger partial charge in [0, 0.05) is 26.8 Å². The molecule has 1 aromatic rings. The number of hydrogen-bond acceptors (Lipinski definition) is 2. The summed E-state index contributed by atoms with van der Waals surface area (Å²) < 4.78 is 5.06. The molecule has 1 rings (SSSR count). The molecular weight excluding hydrogens is 401 g/mol.